The Bertz CT molecular complexity index is 614. The summed E-state index contributed by atoms with van der Waals surface area (Å²) in [5, 5.41) is 18.4. The molecular weight excluding hydrogens is 296 g/mol. The van der Waals surface area contributed by atoms with Crippen molar-refractivity contribution >= 4 is 16.0 Å². The maximum absolute atomic E-state index is 12.3. The van der Waals surface area contributed by atoms with Crippen LogP contribution in [0.3, 0.4) is 0 Å². The lowest BCUT2D eigenvalue weighted by Crippen LogP contribution is -2.53. The van der Waals surface area contributed by atoms with Crippen LogP contribution >= 0.6 is 0 Å². The maximum atomic E-state index is 12.3. The number of carboxylic acid groups (broad SMARTS) is 1. The van der Waals surface area contributed by atoms with Crippen LogP contribution in [0.1, 0.15) is 43.1 Å². The van der Waals surface area contributed by atoms with Crippen molar-refractivity contribution in [2.45, 2.75) is 43.0 Å². The molecule has 0 atom stereocenters. The number of aromatic nitrogens is 1. The van der Waals surface area contributed by atoms with Crippen molar-refractivity contribution in [2.24, 2.45) is 5.92 Å². The highest BCUT2D eigenvalue weighted by atomic mass is 32.2. The summed E-state index contributed by atoms with van der Waals surface area (Å²) in [4.78, 5) is 13.1. The summed E-state index contributed by atoms with van der Waals surface area (Å²) in [5.41, 5.74) is -1.04. The lowest BCUT2D eigenvalue weighted by Gasteiger charge is -2.38. The smallest absolute Gasteiger partial charge is 0.352 e. The van der Waals surface area contributed by atoms with Crippen LogP contribution in [-0.2, 0) is 10.0 Å². The van der Waals surface area contributed by atoms with E-state index in [1.165, 1.54) is 0 Å². The summed E-state index contributed by atoms with van der Waals surface area (Å²) in [6, 6.07) is 1.07. The van der Waals surface area contributed by atoms with Crippen molar-refractivity contribution in [3.63, 3.8) is 0 Å². The summed E-state index contributed by atoms with van der Waals surface area (Å²) in [6.45, 7) is 1.83. The fourth-order valence-corrected chi connectivity index (χ4v) is 4.05. The molecule has 1 aromatic heterocycles. The van der Waals surface area contributed by atoms with Crippen LogP contribution in [-0.4, -0.2) is 41.7 Å². The van der Waals surface area contributed by atoms with Crippen molar-refractivity contribution in [3.8, 4) is 0 Å². The van der Waals surface area contributed by atoms with Gasteiger partial charge in [0, 0.05) is 6.20 Å². The zero-order chi connectivity index (χ0) is 15.7. The first-order valence-electron chi connectivity index (χ1n) is 6.84. The number of nitrogens with one attached hydrogen (secondary N) is 2. The summed E-state index contributed by atoms with van der Waals surface area (Å²) in [7, 11) is -3.87. The van der Waals surface area contributed by atoms with E-state index in [2.05, 4.69) is 16.6 Å². The van der Waals surface area contributed by atoms with Crippen molar-refractivity contribution < 1.29 is 23.4 Å². The van der Waals surface area contributed by atoms with Crippen LogP contribution < -0.4 is 4.72 Å². The Kier molecular flexibility index (Phi) is 4.40. The number of aromatic carboxylic acids is 1. The molecule has 1 aromatic rings. The van der Waals surface area contributed by atoms with Crippen LogP contribution in [0, 0.1) is 5.92 Å². The normalized spacial score (nSPS) is 26.7. The minimum atomic E-state index is -3.87. The van der Waals surface area contributed by atoms with Crippen LogP contribution in [0.4, 0.5) is 0 Å². The van der Waals surface area contributed by atoms with E-state index in [1.54, 1.807) is 0 Å². The lowest BCUT2D eigenvalue weighted by molar-refractivity contribution is 0.0691. The van der Waals surface area contributed by atoms with Crippen molar-refractivity contribution in [1.82, 2.24) is 9.71 Å². The summed E-state index contributed by atoms with van der Waals surface area (Å²) < 4.78 is 27.3. The Morgan fingerprint density at radius 1 is 1.48 bits per heavy atom. The van der Waals surface area contributed by atoms with Gasteiger partial charge in [-0.1, -0.05) is 6.92 Å². The van der Waals surface area contributed by atoms with E-state index in [1.807, 2.05) is 0 Å². The van der Waals surface area contributed by atoms with Gasteiger partial charge in [0.25, 0.3) is 0 Å². The minimum Gasteiger partial charge on any atom is -0.477 e. The Labute approximate surface area is 123 Å². The molecule has 0 aromatic carbocycles. The molecule has 1 aliphatic rings. The molecule has 0 radical (unpaired) electrons. The number of hydrogen-bond donors (Lipinski definition) is 4. The SMILES string of the molecule is CC1CCC(CO)(NS(=O)(=O)c2c[nH]c(C(=O)O)c2)CC1. The molecule has 0 unspecified atom stereocenters. The zero-order valence-electron chi connectivity index (χ0n) is 11.8. The number of aliphatic hydroxyl groups excluding tert-OH is 1. The monoisotopic (exact) mass is 316 g/mol. The van der Waals surface area contributed by atoms with Gasteiger partial charge in [0.2, 0.25) is 10.0 Å². The van der Waals surface area contributed by atoms with Gasteiger partial charge in [-0.05, 0) is 37.7 Å². The second-order valence-electron chi connectivity index (χ2n) is 5.78. The minimum absolute atomic E-state index is 0.133. The Morgan fingerprint density at radius 2 is 2.10 bits per heavy atom. The predicted molar refractivity (Wildman–Crippen MR) is 75.5 cm³/mol. The molecule has 8 heteroatoms. The van der Waals surface area contributed by atoms with E-state index in [-0.39, 0.29) is 17.2 Å². The van der Waals surface area contributed by atoms with E-state index in [0.717, 1.165) is 25.1 Å². The molecule has 0 bridgehead atoms. The molecule has 4 N–H and O–H groups in total. The highest BCUT2D eigenvalue weighted by Gasteiger charge is 2.38. The number of aromatic amines is 1. The highest BCUT2D eigenvalue weighted by Crippen LogP contribution is 2.32. The van der Waals surface area contributed by atoms with Gasteiger partial charge in [0.15, 0.2) is 0 Å². The zero-order valence-corrected chi connectivity index (χ0v) is 12.6. The van der Waals surface area contributed by atoms with Crippen LogP contribution in [0.25, 0.3) is 0 Å². The average Bonchev–Trinajstić information content (AvgIpc) is 2.92. The highest BCUT2D eigenvalue weighted by molar-refractivity contribution is 7.89. The number of carboxylic acids is 1. The van der Waals surface area contributed by atoms with Crippen molar-refractivity contribution in [1.29, 1.82) is 0 Å². The van der Waals surface area contributed by atoms with Gasteiger partial charge < -0.3 is 15.2 Å². The van der Waals surface area contributed by atoms with Gasteiger partial charge in [-0.25, -0.2) is 17.9 Å². The second kappa shape index (κ2) is 5.78. The third kappa shape index (κ3) is 3.45. The Morgan fingerprint density at radius 3 is 2.57 bits per heavy atom. The number of hydrogen-bond acceptors (Lipinski definition) is 4. The predicted octanol–water partition coefficient (Wildman–Crippen LogP) is 0.932. The fraction of sp³-hybridized carbons (Fsp3) is 0.615. The number of H-pyrrole nitrogens is 1. The van der Waals surface area contributed by atoms with Gasteiger partial charge in [-0.3, -0.25) is 0 Å². The molecule has 0 amide bonds. The molecule has 1 aliphatic carbocycles. The van der Waals surface area contributed by atoms with Gasteiger partial charge in [-0.2, -0.15) is 0 Å². The van der Waals surface area contributed by atoms with E-state index in [9.17, 15) is 18.3 Å². The topological polar surface area (TPSA) is 119 Å². The molecule has 0 saturated heterocycles. The number of rotatable bonds is 5. The van der Waals surface area contributed by atoms with Crippen LogP contribution in [0.5, 0.6) is 0 Å². The molecule has 0 spiro atoms. The summed E-state index contributed by atoms with van der Waals surface area (Å²) in [6.07, 6.45) is 3.97. The Balaban J connectivity index is 2.20. The van der Waals surface area contributed by atoms with E-state index < -0.39 is 21.5 Å². The quantitative estimate of drug-likeness (QED) is 0.644. The molecule has 7 nitrogen and oxygen atoms in total. The van der Waals surface area contributed by atoms with E-state index in [4.69, 9.17) is 5.11 Å². The molecule has 0 aliphatic heterocycles. The van der Waals surface area contributed by atoms with Crippen LogP contribution in [0.15, 0.2) is 17.2 Å². The third-order valence-electron chi connectivity index (χ3n) is 4.08. The van der Waals surface area contributed by atoms with E-state index in [0.29, 0.717) is 18.8 Å². The van der Waals surface area contributed by atoms with Crippen LogP contribution in [0.2, 0.25) is 0 Å². The molecule has 118 valence electrons. The number of sulfonamides is 1. The summed E-state index contributed by atoms with van der Waals surface area (Å²) in [5.74, 6) is -0.708. The molecular formula is C13H20N2O5S. The van der Waals surface area contributed by atoms with Gasteiger partial charge in [0.1, 0.15) is 10.6 Å². The number of aliphatic hydroxyl groups is 1. The second-order valence-corrected chi connectivity index (χ2v) is 7.46. The lowest BCUT2D eigenvalue weighted by atomic mass is 9.78. The average molecular weight is 316 g/mol. The Hall–Kier alpha value is -1.38. The first-order valence-corrected chi connectivity index (χ1v) is 8.33. The first-order chi connectivity index (χ1) is 9.78. The van der Waals surface area contributed by atoms with Gasteiger partial charge in [-0.15, -0.1) is 0 Å². The van der Waals surface area contributed by atoms with Gasteiger partial charge >= 0.3 is 5.97 Å². The summed E-state index contributed by atoms with van der Waals surface area (Å²) >= 11 is 0. The largest absolute Gasteiger partial charge is 0.477 e. The number of carbonyl (C=O) groups is 1. The van der Waals surface area contributed by atoms with Gasteiger partial charge in [0.05, 0.1) is 12.1 Å². The van der Waals surface area contributed by atoms with Crippen molar-refractivity contribution in [3.05, 3.63) is 18.0 Å². The standard InChI is InChI=1S/C13H20N2O5S/c1-9-2-4-13(8-16,5-3-9)15-21(19,20)10-6-11(12(17)18)14-7-10/h6-7,9,14-16H,2-5,8H2,1H3,(H,17,18). The molecule has 1 heterocycles. The fourth-order valence-electron chi connectivity index (χ4n) is 2.60. The first kappa shape index (κ1) is 16.0. The van der Waals surface area contributed by atoms with E-state index >= 15 is 0 Å². The molecule has 1 saturated carbocycles. The molecule has 21 heavy (non-hydrogen) atoms. The maximum Gasteiger partial charge on any atom is 0.352 e. The molecule has 2 rings (SSSR count). The molecule has 1 fully saturated rings. The van der Waals surface area contributed by atoms with Crippen molar-refractivity contribution in [2.75, 3.05) is 6.61 Å². The third-order valence-corrected chi connectivity index (χ3v) is 5.64.